The van der Waals surface area contributed by atoms with E-state index in [9.17, 15) is 0 Å². The molecule has 0 heterocycles. The second-order valence-corrected chi connectivity index (χ2v) is 40.0. The van der Waals surface area contributed by atoms with Crippen LogP contribution in [-0.2, 0) is 23.2 Å². The van der Waals surface area contributed by atoms with Crippen LogP contribution in [-0.4, -0.2) is 36.8 Å². The van der Waals surface area contributed by atoms with Crippen molar-refractivity contribution >= 4 is 36.8 Å². The van der Waals surface area contributed by atoms with Crippen LogP contribution >= 0.6 is 0 Å². The van der Waals surface area contributed by atoms with Crippen LogP contribution in [0, 0.1) is 0 Å². The van der Waals surface area contributed by atoms with Gasteiger partial charge in [0.15, 0.2) is 0 Å². The minimum atomic E-state index is -1.86. The van der Waals surface area contributed by atoms with Crippen molar-refractivity contribution in [3.8, 4) is 0 Å². The first kappa shape index (κ1) is 16.8. The summed E-state index contributed by atoms with van der Waals surface area (Å²) >= 11 is -4.19. The van der Waals surface area contributed by atoms with E-state index >= 15 is 0 Å². The zero-order chi connectivity index (χ0) is 14.3. The normalized spacial score (nSPS) is 19.9. The van der Waals surface area contributed by atoms with E-state index in [0.29, 0.717) is 0 Å². The van der Waals surface area contributed by atoms with Gasteiger partial charge < -0.3 is 0 Å². The molecule has 0 saturated carbocycles. The van der Waals surface area contributed by atoms with Gasteiger partial charge in [-0.05, 0) is 0 Å². The summed E-state index contributed by atoms with van der Waals surface area (Å²) in [6, 6.07) is 0. The fourth-order valence-electron chi connectivity index (χ4n) is 2.83. The summed E-state index contributed by atoms with van der Waals surface area (Å²) in [5.41, 5.74) is 0. The zero-order valence-corrected chi connectivity index (χ0v) is 21.4. The maximum atomic E-state index is 2.57. The average molecular weight is 547 g/mol. The van der Waals surface area contributed by atoms with Crippen LogP contribution in [0.15, 0.2) is 38.0 Å². The van der Waals surface area contributed by atoms with Gasteiger partial charge in [-0.15, -0.1) is 0 Å². The van der Waals surface area contributed by atoms with Gasteiger partial charge in [0.2, 0.25) is 0 Å². The number of allylic oxidation sites excluding steroid dienone is 8. The number of rotatable bonds is 4. The van der Waals surface area contributed by atoms with E-state index in [1.54, 1.807) is 0 Å². The average Bonchev–Trinajstić information content (AvgIpc) is 2.83. The molecule has 0 amide bonds. The summed E-state index contributed by atoms with van der Waals surface area (Å²) in [7, 11) is 0. The molecular weight excluding hydrogens is 521 g/mol. The van der Waals surface area contributed by atoms with Gasteiger partial charge in [0.05, 0.1) is 0 Å². The van der Waals surface area contributed by atoms with Crippen molar-refractivity contribution in [1.82, 2.24) is 0 Å². The topological polar surface area (TPSA) is 0 Å². The van der Waals surface area contributed by atoms with Crippen LogP contribution in [0.2, 0.25) is 29.6 Å². The number of hydrogen-bond acceptors (Lipinski definition) is 0. The quantitative estimate of drug-likeness (QED) is 0.423. The Morgan fingerprint density at radius 3 is 1.42 bits per heavy atom. The molecule has 0 aromatic heterocycles. The molecule has 0 aromatic rings. The Morgan fingerprint density at radius 2 is 1.11 bits per heavy atom. The first-order valence-corrected chi connectivity index (χ1v) is 29.7. The Morgan fingerprint density at radius 1 is 0.737 bits per heavy atom. The molecule has 0 nitrogen and oxygen atoms in total. The van der Waals surface area contributed by atoms with Gasteiger partial charge in [0, 0.05) is 0 Å². The van der Waals surface area contributed by atoms with Gasteiger partial charge >= 0.3 is 141 Å². The molecule has 0 unspecified atom stereocenters. The summed E-state index contributed by atoms with van der Waals surface area (Å²) in [5.74, 6) is 0. The molecule has 2 aliphatic rings. The van der Waals surface area contributed by atoms with Crippen molar-refractivity contribution < 1.29 is 23.2 Å². The Hall–Kier alpha value is 1.44. The Balaban J connectivity index is 2.28. The molecule has 2 rings (SSSR count). The molecule has 0 atom stereocenters. The molecule has 0 fully saturated rings. The molecule has 102 valence electrons. The third kappa shape index (κ3) is 4.22. The van der Waals surface area contributed by atoms with E-state index in [1.165, 1.54) is 12.8 Å². The van der Waals surface area contributed by atoms with Crippen molar-refractivity contribution in [3.05, 3.63) is 38.0 Å². The third-order valence-electron chi connectivity index (χ3n) is 3.78. The molecular formula is C16H26Sn2Zr. The minimum absolute atomic E-state index is 0.470. The standard InChI is InChI=1S/2C5H4.6CH3.2Sn.Zr/c2*1-2-4-5-3-1;;;;;;;;;/h2*1-2H,3H2;6*1H3;;;. The van der Waals surface area contributed by atoms with E-state index in [-0.39, 0.29) is 0 Å². The second-order valence-electron chi connectivity index (χ2n) is 7.62. The van der Waals surface area contributed by atoms with Crippen molar-refractivity contribution in [1.29, 1.82) is 0 Å². The monoisotopic (exact) mass is 548 g/mol. The Kier molecular flexibility index (Phi) is 5.56. The molecule has 0 aliphatic heterocycles. The van der Waals surface area contributed by atoms with Crippen LogP contribution in [0.5, 0.6) is 0 Å². The molecule has 2 aliphatic carbocycles. The molecule has 0 spiro atoms. The fourth-order valence-corrected chi connectivity index (χ4v) is 29.6. The number of hydrogen-bond donors (Lipinski definition) is 0. The van der Waals surface area contributed by atoms with Crippen LogP contribution in [0.3, 0.4) is 0 Å². The summed E-state index contributed by atoms with van der Waals surface area (Å²) < 4.78 is 7.59. The van der Waals surface area contributed by atoms with Gasteiger partial charge in [-0.2, -0.15) is 0 Å². The van der Waals surface area contributed by atoms with Gasteiger partial charge in [-0.1, -0.05) is 0 Å². The Bertz CT molecular complexity index is 448. The van der Waals surface area contributed by atoms with Crippen LogP contribution in [0.25, 0.3) is 0 Å². The molecule has 19 heavy (non-hydrogen) atoms. The molecule has 0 radical (unpaired) electrons. The fraction of sp³-hybridized carbons (Fsp3) is 0.500. The maximum absolute atomic E-state index is 2.57. The Labute approximate surface area is 138 Å². The van der Waals surface area contributed by atoms with Gasteiger partial charge in [-0.3, -0.25) is 0 Å². The predicted octanol–water partition coefficient (Wildman–Crippen LogP) is 5.25. The van der Waals surface area contributed by atoms with Crippen molar-refractivity contribution in [2.75, 3.05) is 0 Å². The van der Waals surface area contributed by atoms with E-state index in [4.69, 9.17) is 0 Å². The third-order valence-corrected chi connectivity index (χ3v) is 23.0. The van der Waals surface area contributed by atoms with E-state index in [2.05, 4.69) is 53.9 Å². The van der Waals surface area contributed by atoms with Crippen LogP contribution in [0.1, 0.15) is 12.8 Å². The van der Waals surface area contributed by atoms with Crippen LogP contribution in [0.4, 0.5) is 0 Å². The second kappa shape index (κ2) is 6.28. The van der Waals surface area contributed by atoms with Crippen molar-refractivity contribution in [3.63, 3.8) is 0 Å². The van der Waals surface area contributed by atoms with E-state index < -0.39 is 60.0 Å². The molecule has 0 N–H and O–H groups in total. The molecule has 0 bridgehead atoms. The summed E-state index contributed by atoms with van der Waals surface area (Å²) in [5, 5.41) is 0. The predicted molar refractivity (Wildman–Crippen MR) is 88.3 cm³/mol. The zero-order valence-electron chi connectivity index (χ0n) is 13.2. The van der Waals surface area contributed by atoms with Gasteiger partial charge in [0.25, 0.3) is 0 Å². The van der Waals surface area contributed by atoms with Gasteiger partial charge in [0.1, 0.15) is 0 Å². The van der Waals surface area contributed by atoms with Crippen LogP contribution < -0.4 is 0 Å². The van der Waals surface area contributed by atoms with E-state index in [1.807, 2.05) is 13.7 Å². The van der Waals surface area contributed by atoms with Gasteiger partial charge in [-0.25, -0.2) is 0 Å². The SMILES string of the molecule is [CH3][Sn]([CH3])([CH3])[C]1=[C]([Zr][C]2=[C]([Sn]([CH3])([CH3])[CH3])C=CC2)CC=C1. The summed E-state index contributed by atoms with van der Waals surface area (Å²) in [4.78, 5) is 15.4. The van der Waals surface area contributed by atoms with Crippen molar-refractivity contribution in [2.45, 2.75) is 42.5 Å². The molecule has 3 heteroatoms. The summed E-state index contributed by atoms with van der Waals surface area (Å²) in [6.07, 6.45) is 12.5. The van der Waals surface area contributed by atoms with Crippen molar-refractivity contribution in [2.24, 2.45) is 0 Å². The summed E-state index contributed by atoms with van der Waals surface area (Å²) in [6.45, 7) is 0. The first-order chi connectivity index (χ1) is 8.69. The van der Waals surface area contributed by atoms with E-state index in [0.717, 1.165) is 0 Å². The first-order valence-electron chi connectivity index (χ1n) is 7.27. The molecule has 0 saturated heterocycles. The molecule has 0 aromatic carbocycles.